The summed E-state index contributed by atoms with van der Waals surface area (Å²) < 4.78 is 0. The van der Waals surface area contributed by atoms with Gasteiger partial charge in [0.05, 0.1) is 0 Å². The lowest BCUT2D eigenvalue weighted by molar-refractivity contribution is -0.114. The monoisotopic (exact) mass is 254 g/mol. The van der Waals surface area contributed by atoms with Crippen LogP contribution in [0.25, 0.3) is 11.1 Å². The molecule has 0 saturated heterocycles. The van der Waals surface area contributed by atoms with Crippen LogP contribution in [-0.2, 0) is 4.79 Å². The van der Waals surface area contributed by atoms with Crippen molar-refractivity contribution in [2.24, 2.45) is 0 Å². The van der Waals surface area contributed by atoms with Gasteiger partial charge in [0.15, 0.2) is 0 Å². The Kier molecular flexibility index (Phi) is 3.85. The van der Waals surface area contributed by atoms with Crippen LogP contribution in [0.5, 0.6) is 0 Å². The predicted molar refractivity (Wildman–Crippen MR) is 80.5 cm³/mol. The van der Waals surface area contributed by atoms with E-state index in [1.807, 2.05) is 50.5 Å². The summed E-state index contributed by atoms with van der Waals surface area (Å²) in [6, 6.07) is 16.0. The average Bonchev–Trinajstić information content (AvgIpc) is 2.38. The first kappa shape index (κ1) is 13.1. The summed E-state index contributed by atoms with van der Waals surface area (Å²) in [5.74, 6) is -0.0604. The third kappa shape index (κ3) is 2.94. The number of anilines is 2. The number of rotatable bonds is 3. The smallest absolute Gasteiger partial charge is 0.221 e. The second-order valence-electron chi connectivity index (χ2n) is 4.64. The minimum atomic E-state index is -0.0604. The first-order chi connectivity index (χ1) is 9.09. The summed E-state index contributed by atoms with van der Waals surface area (Å²) in [5, 5.41) is 2.88. The second-order valence-corrected chi connectivity index (χ2v) is 4.64. The van der Waals surface area contributed by atoms with E-state index in [9.17, 15) is 4.79 Å². The molecule has 1 amide bonds. The lowest BCUT2D eigenvalue weighted by Gasteiger charge is -2.19. The van der Waals surface area contributed by atoms with Crippen molar-refractivity contribution in [3.8, 4) is 11.1 Å². The maximum Gasteiger partial charge on any atom is 0.221 e. The molecule has 19 heavy (non-hydrogen) atoms. The lowest BCUT2D eigenvalue weighted by Crippen LogP contribution is -2.11. The topological polar surface area (TPSA) is 32.3 Å². The van der Waals surface area contributed by atoms with Crippen LogP contribution in [0.4, 0.5) is 11.4 Å². The minimum absolute atomic E-state index is 0.0604. The molecule has 0 unspecified atom stereocenters. The Balaban J connectivity index is 2.56. The quantitative estimate of drug-likeness (QED) is 0.910. The molecule has 3 nitrogen and oxygen atoms in total. The fourth-order valence-corrected chi connectivity index (χ4v) is 2.11. The molecule has 0 saturated carbocycles. The molecule has 2 aromatic rings. The first-order valence-corrected chi connectivity index (χ1v) is 6.23. The highest BCUT2D eigenvalue weighted by atomic mass is 16.1. The van der Waals surface area contributed by atoms with E-state index in [2.05, 4.69) is 22.3 Å². The summed E-state index contributed by atoms with van der Waals surface area (Å²) in [5.41, 5.74) is 4.10. The molecular weight excluding hydrogens is 236 g/mol. The van der Waals surface area contributed by atoms with E-state index in [-0.39, 0.29) is 5.91 Å². The molecule has 2 rings (SSSR count). The summed E-state index contributed by atoms with van der Waals surface area (Å²) in [6.45, 7) is 1.52. The highest BCUT2D eigenvalue weighted by Gasteiger charge is 2.10. The molecule has 0 atom stereocenters. The van der Waals surface area contributed by atoms with E-state index in [0.717, 1.165) is 22.5 Å². The molecule has 3 heteroatoms. The number of hydrogen-bond acceptors (Lipinski definition) is 2. The third-order valence-corrected chi connectivity index (χ3v) is 2.91. The molecule has 0 bridgehead atoms. The second kappa shape index (κ2) is 5.57. The number of nitrogens with one attached hydrogen (secondary N) is 1. The molecule has 0 fully saturated rings. The molecule has 0 aromatic heterocycles. The van der Waals surface area contributed by atoms with Gasteiger partial charge in [0.1, 0.15) is 0 Å². The van der Waals surface area contributed by atoms with Gasteiger partial charge in [-0.05, 0) is 12.1 Å². The van der Waals surface area contributed by atoms with Crippen LogP contribution < -0.4 is 10.2 Å². The number of amides is 1. The first-order valence-electron chi connectivity index (χ1n) is 6.23. The van der Waals surface area contributed by atoms with E-state index in [0.29, 0.717) is 0 Å². The van der Waals surface area contributed by atoms with Crippen LogP contribution in [-0.4, -0.2) is 20.0 Å². The van der Waals surface area contributed by atoms with Crippen molar-refractivity contribution in [1.29, 1.82) is 0 Å². The van der Waals surface area contributed by atoms with Crippen molar-refractivity contribution in [3.05, 3.63) is 48.5 Å². The van der Waals surface area contributed by atoms with Crippen LogP contribution in [0.3, 0.4) is 0 Å². The van der Waals surface area contributed by atoms with Gasteiger partial charge in [0.2, 0.25) is 5.91 Å². The van der Waals surface area contributed by atoms with Gasteiger partial charge in [-0.15, -0.1) is 0 Å². The van der Waals surface area contributed by atoms with E-state index in [1.54, 1.807) is 0 Å². The van der Waals surface area contributed by atoms with Gasteiger partial charge in [-0.1, -0.05) is 36.4 Å². The number of benzene rings is 2. The molecule has 0 aliphatic rings. The van der Waals surface area contributed by atoms with Crippen molar-refractivity contribution in [2.45, 2.75) is 6.92 Å². The van der Waals surface area contributed by atoms with E-state index in [1.165, 1.54) is 6.92 Å². The molecule has 0 spiro atoms. The number of nitrogens with zero attached hydrogens (tertiary/aromatic N) is 1. The van der Waals surface area contributed by atoms with Gasteiger partial charge in [-0.2, -0.15) is 0 Å². The zero-order valence-corrected chi connectivity index (χ0v) is 11.5. The molecular formula is C16H18N2O. The number of para-hydroxylation sites is 2. The van der Waals surface area contributed by atoms with Crippen LogP contribution in [0.2, 0.25) is 0 Å². The van der Waals surface area contributed by atoms with Gasteiger partial charge in [0, 0.05) is 43.5 Å². The number of carbonyl (C=O) groups excluding carboxylic acids is 1. The van der Waals surface area contributed by atoms with Gasteiger partial charge in [-0.3, -0.25) is 4.79 Å². The zero-order valence-electron chi connectivity index (χ0n) is 11.5. The number of carbonyl (C=O) groups is 1. The van der Waals surface area contributed by atoms with Crippen molar-refractivity contribution < 1.29 is 4.79 Å². The predicted octanol–water partition coefficient (Wildman–Crippen LogP) is 3.38. The highest BCUT2D eigenvalue weighted by Crippen LogP contribution is 2.34. The van der Waals surface area contributed by atoms with E-state index in [4.69, 9.17) is 0 Å². The lowest BCUT2D eigenvalue weighted by atomic mass is 10.0. The van der Waals surface area contributed by atoms with Crippen LogP contribution >= 0.6 is 0 Å². The SMILES string of the molecule is CC(=O)Nc1ccccc1-c1ccccc1N(C)C. The van der Waals surface area contributed by atoms with Crippen molar-refractivity contribution in [3.63, 3.8) is 0 Å². The van der Waals surface area contributed by atoms with E-state index >= 15 is 0 Å². The summed E-state index contributed by atoms with van der Waals surface area (Å²) >= 11 is 0. The molecule has 1 N–H and O–H groups in total. The molecule has 0 heterocycles. The molecule has 2 aromatic carbocycles. The molecule has 98 valence electrons. The zero-order chi connectivity index (χ0) is 13.8. The highest BCUT2D eigenvalue weighted by molar-refractivity contribution is 5.96. The Bertz CT molecular complexity index is 591. The molecule has 0 radical (unpaired) electrons. The molecule has 0 aliphatic heterocycles. The summed E-state index contributed by atoms with van der Waals surface area (Å²) in [7, 11) is 4.03. The Morgan fingerprint density at radius 3 is 2.16 bits per heavy atom. The Labute approximate surface area is 113 Å². The van der Waals surface area contributed by atoms with E-state index < -0.39 is 0 Å². The van der Waals surface area contributed by atoms with Crippen molar-refractivity contribution >= 4 is 17.3 Å². The third-order valence-electron chi connectivity index (χ3n) is 2.91. The minimum Gasteiger partial charge on any atom is -0.377 e. The van der Waals surface area contributed by atoms with Crippen LogP contribution in [0, 0.1) is 0 Å². The fourth-order valence-electron chi connectivity index (χ4n) is 2.11. The van der Waals surface area contributed by atoms with Crippen molar-refractivity contribution in [1.82, 2.24) is 0 Å². The Morgan fingerprint density at radius 1 is 0.947 bits per heavy atom. The molecule has 0 aliphatic carbocycles. The summed E-state index contributed by atoms with van der Waals surface area (Å²) in [6.07, 6.45) is 0. The number of hydrogen-bond donors (Lipinski definition) is 1. The van der Waals surface area contributed by atoms with Crippen molar-refractivity contribution in [2.75, 3.05) is 24.3 Å². The standard InChI is InChI=1S/C16H18N2O/c1-12(19)17-15-10-6-4-8-13(15)14-9-5-7-11-16(14)18(2)3/h4-11H,1-3H3,(H,17,19). The van der Waals surface area contributed by atoms with Crippen LogP contribution in [0.1, 0.15) is 6.92 Å². The van der Waals surface area contributed by atoms with Gasteiger partial charge < -0.3 is 10.2 Å². The Hall–Kier alpha value is -2.29. The largest absolute Gasteiger partial charge is 0.377 e. The van der Waals surface area contributed by atoms with Gasteiger partial charge in [0.25, 0.3) is 0 Å². The maximum absolute atomic E-state index is 11.3. The maximum atomic E-state index is 11.3. The van der Waals surface area contributed by atoms with Gasteiger partial charge >= 0.3 is 0 Å². The van der Waals surface area contributed by atoms with Gasteiger partial charge in [-0.25, -0.2) is 0 Å². The Morgan fingerprint density at radius 2 is 1.53 bits per heavy atom. The normalized spacial score (nSPS) is 10.1. The average molecular weight is 254 g/mol. The van der Waals surface area contributed by atoms with Crippen LogP contribution in [0.15, 0.2) is 48.5 Å². The summed E-state index contributed by atoms with van der Waals surface area (Å²) in [4.78, 5) is 13.4. The fraction of sp³-hybridized carbons (Fsp3) is 0.188.